The number of halogens is 6. The number of anilines is 1. The fourth-order valence-electron chi connectivity index (χ4n) is 3.68. The Labute approximate surface area is 219 Å². The van der Waals surface area contributed by atoms with E-state index >= 15 is 0 Å². The van der Waals surface area contributed by atoms with Gasteiger partial charge in [-0.2, -0.15) is 13.2 Å². The molecule has 1 aliphatic heterocycles. The number of benzene rings is 2. The summed E-state index contributed by atoms with van der Waals surface area (Å²) in [6.45, 7) is 1.16. The zero-order chi connectivity index (χ0) is 25.5. The molecule has 0 bridgehead atoms. The topological polar surface area (TPSA) is 58.6 Å². The average Bonchev–Trinajstić information content (AvgIpc) is 3.32. The minimum Gasteiger partial charge on any atom is -0.488 e. The third kappa shape index (κ3) is 6.18. The molecule has 4 rings (SSSR count). The van der Waals surface area contributed by atoms with Gasteiger partial charge in [0.15, 0.2) is 0 Å². The van der Waals surface area contributed by atoms with Crippen LogP contribution in [0.1, 0.15) is 12.0 Å². The van der Waals surface area contributed by atoms with Crippen molar-refractivity contribution in [3.05, 3.63) is 62.4 Å². The molecule has 0 unspecified atom stereocenters. The molecule has 0 amide bonds. The molecule has 1 fully saturated rings. The summed E-state index contributed by atoms with van der Waals surface area (Å²) in [4.78, 5) is 1.94. The van der Waals surface area contributed by atoms with E-state index in [2.05, 4.69) is 4.72 Å². The number of hydrogen-bond donors (Lipinski definition) is 1. The van der Waals surface area contributed by atoms with Gasteiger partial charge in [0.1, 0.15) is 20.4 Å². The summed E-state index contributed by atoms with van der Waals surface area (Å²) in [6.07, 6.45) is -4.53. The maximum atomic E-state index is 13.5. The lowest BCUT2D eigenvalue weighted by molar-refractivity contribution is -0.139. The van der Waals surface area contributed by atoms with Crippen molar-refractivity contribution in [1.29, 1.82) is 0 Å². The normalized spacial score (nSPS) is 17.1. The molecule has 0 aliphatic carbocycles. The molecule has 1 aliphatic rings. The maximum absolute atomic E-state index is 13.5. The number of nitrogens with zero attached hydrogens (tertiary/aromatic N) is 1. The average molecular weight is 586 g/mol. The third-order valence-electron chi connectivity index (χ3n) is 5.28. The fourth-order valence-corrected chi connectivity index (χ4v) is 7.02. The molecule has 2 heterocycles. The number of sulfonamides is 1. The van der Waals surface area contributed by atoms with Crippen molar-refractivity contribution in [3.63, 3.8) is 0 Å². The summed E-state index contributed by atoms with van der Waals surface area (Å²) in [6, 6.07) is 8.95. The second-order valence-corrected chi connectivity index (χ2v) is 12.5. The van der Waals surface area contributed by atoms with Crippen molar-refractivity contribution in [2.75, 3.05) is 24.9 Å². The van der Waals surface area contributed by atoms with Crippen molar-refractivity contribution >= 4 is 61.9 Å². The Bertz CT molecular complexity index is 1340. The Morgan fingerprint density at radius 1 is 1.09 bits per heavy atom. The molecule has 1 saturated heterocycles. The molecule has 35 heavy (non-hydrogen) atoms. The van der Waals surface area contributed by atoms with Crippen LogP contribution in [0.3, 0.4) is 0 Å². The van der Waals surface area contributed by atoms with Crippen LogP contribution < -0.4 is 9.46 Å². The number of likely N-dealkylation sites (tertiary alicyclic amines) is 1. The molecular formula is C22H18Cl3F3N2O3S2. The van der Waals surface area contributed by atoms with Gasteiger partial charge in [-0.05, 0) is 55.4 Å². The van der Waals surface area contributed by atoms with Gasteiger partial charge in [-0.3, -0.25) is 4.72 Å². The lowest BCUT2D eigenvalue weighted by Gasteiger charge is -2.19. The van der Waals surface area contributed by atoms with Crippen molar-refractivity contribution in [2.45, 2.75) is 22.9 Å². The molecule has 2 aromatic carbocycles. The van der Waals surface area contributed by atoms with Gasteiger partial charge in [-0.25, -0.2) is 8.42 Å². The number of rotatable bonds is 6. The van der Waals surface area contributed by atoms with Gasteiger partial charge < -0.3 is 9.64 Å². The molecule has 1 N–H and O–H groups in total. The van der Waals surface area contributed by atoms with Gasteiger partial charge in [-0.1, -0.05) is 34.8 Å². The molecule has 1 aromatic heterocycles. The van der Waals surface area contributed by atoms with E-state index < -0.39 is 33.6 Å². The van der Waals surface area contributed by atoms with E-state index in [1.54, 1.807) is 12.1 Å². The van der Waals surface area contributed by atoms with Crippen LogP contribution in [-0.4, -0.2) is 39.6 Å². The summed E-state index contributed by atoms with van der Waals surface area (Å²) in [7, 11) is -2.33. The predicted molar refractivity (Wildman–Crippen MR) is 134 cm³/mol. The van der Waals surface area contributed by atoms with Crippen LogP contribution in [-0.2, 0) is 16.2 Å². The first-order valence-corrected chi connectivity index (χ1v) is 13.6. The lowest BCUT2D eigenvalue weighted by Crippen LogP contribution is -2.23. The SMILES string of the molecule is CN1CC[C@@H](Oc2cc(NS(=O)(=O)c3cc(-c4cc(Cl)cc(Cl)c4)c(Cl)s3)ccc2C(F)(F)F)C1. The van der Waals surface area contributed by atoms with Crippen molar-refractivity contribution in [1.82, 2.24) is 4.90 Å². The third-order valence-corrected chi connectivity index (χ3v) is 8.93. The summed E-state index contributed by atoms with van der Waals surface area (Å²) >= 11 is 19.2. The first-order valence-electron chi connectivity index (χ1n) is 10.2. The monoisotopic (exact) mass is 584 g/mol. The molecule has 188 valence electrons. The molecule has 0 saturated carbocycles. The molecule has 0 spiro atoms. The number of hydrogen-bond acceptors (Lipinski definition) is 5. The highest BCUT2D eigenvalue weighted by molar-refractivity contribution is 7.94. The zero-order valence-corrected chi connectivity index (χ0v) is 21.9. The minimum atomic E-state index is -4.66. The molecule has 13 heteroatoms. The molecule has 0 radical (unpaired) electrons. The minimum absolute atomic E-state index is 0.0729. The highest BCUT2D eigenvalue weighted by Crippen LogP contribution is 2.41. The Hall–Kier alpha value is -1.69. The zero-order valence-electron chi connectivity index (χ0n) is 18.0. The van der Waals surface area contributed by atoms with Gasteiger partial charge in [0.2, 0.25) is 0 Å². The molecular weight excluding hydrogens is 568 g/mol. The van der Waals surface area contributed by atoms with E-state index in [9.17, 15) is 21.6 Å². The van der Waals surface area contributed by atoms with Crippen LogP contribution in [0, 0.1) is 0 Å². The highest BCUT2D eigenvalue weighted by atomic mass is 35.5. The summed E-state index contributed by atoms with van der Waals surface area (Å²) < 4.78 is 74.7. The quantitative estimate of drug-likeness (QED) is 0.330. The standard InChI is InChI=1S/C22H18Cl3F3N2O3S2/c1-30-5-4-16(11-30)33-19-9-15(2-3-18(19)22(26,27)28)29-35(31,32)20-10-17(21(25)34-20)12-6-13(23)8-14(24)7-12/h2-3,6-10,16,29H,4-5,11H2,1H3/t16-/m1/s1. The second-order valence-electron chi connectivity index (χ2n) is 8.02. The predicted octanol–water partition coefficient (Wildman–Crippen LogP) is 7.28. The van der Waals surface area contributed by atoms with Crippen LogP contribution in [0.15, 0.2) is 46.7 Å². The van der Waals surface area contributed by atoms with Gasteiger partial charge in [0.05, 0.1) is 11.3 Å². The van der Waals surface area contributed by atoms with Crippen molar-refractivity contribution < 1.29 is 26.3 Å². The first kappa shape index (κ1) is 26.4. The van der Waals surface area contributed by atoms with Crippen LogP contribution in [0.5, 0.6) is 5.75 Å². The van der Waals surface area contributed by atoms with Crippen molar-refractivity contribution in [2.24, 2.45) is 0 Å². The van der Waals surface area contributed by atoms with E-state index in [4.69, 9.17) is 39.5 Å². The van der Waals surface area contributed by atoms with Gasteiger partial charge in [0, 0.05) is 34.8 Å². The van der Waals surface area contributed by atoms with Crippen LogP contribution >= 0.6 is 46.1 Å². The van der Waals surface area contributed by atoms with E-state index in [1.165, 1.54) is 12.1 Å². The highest BCUT2D eigenvalue weighted by Gasteiger charge is 2.36. The van der Waals surface area contributed by atoms with Gasteiger partial charge in [-0.15, -0.1) is 11.3 Å². The molecule has 3 aromatic rings. The Morgan fingerprint density at radius 3 is 2.37 bits per heavy atom. The molecule has 5 nitrogen and oxygen atoms in total. The van der Waals surface area contributed by atoms with Crippen molar-refractivity contribution in [3.8, 4) is 16.9 Å². The number of nitrogens with one attached hydrogen (secondary N) is 1. The smallest absolute Gasteiger partial charge is 0.419 e. The largest absolute Gasteiger partial charge is 0.488 e. The fraction of sp³-hybridized carbons (Fsp3) is 0.273. The summed E-state index contributed by atoms with van der Waals surface area (Å²) in [5.74, 6) is -0.434. The number of thiophene rings is 1. The van der Waals surface area contributed by atoms with E-state index in [0.29, 0.717) is 40.7 Å². The first-order chi connectivity index (χ1) is 16.3. The Kier molecular flexibility index (Phi) is 7.53. The van der Waals surface area contributed by atoms with Gasteiger partial charge >= 0.3 is 6.18 Å². The second kappa shape index (κ2) is 9.99. The lowest BCUT2D eigenvalue weighted by atomic mass is 10.1. The van der Waals surface area contributed by atoms with Gasteiger partial charge in [0.25, 0.3) is 10.0 Å². The van der Waals surface area contributed by atoms with Crippen LogP contribution in [0.4, 0.5) is 18.9 Å². The summed E-state index contributed by atoms with van der Waals surface area (Å²) in [5, 5.41) is 0.700. The number of ether oxygens (including phenoxy) is 1. The summed E-state index contributed by atoms with van der Waals surface area (Å²) in [5.41, 5.74) is -0.120. The Morgan fingerprint density at radius 2 is 1.77 bits per heavy atom. The van der Waals surface area contributed by atoms with Crippen LogP contribution in [0.25, 0.3) is 11.1 Å². The number of alkyl halides is 3. The Balaban J connectivity index is 1.63. The van der Waals surface area contributed by atoms with Crippen LogP contribution in [0.2, 0.25) is 14.4 Å². The molecule has 1 atom stereocenters. The van der Waals surface area contributed by atoms with E-state index in [1.807, 2.05) is 11.9 Å². The maximum Gasteiger partial charge on any atom is 0.419 e. The van der Waals surface area contributed by atoms with E-state index in [-0.39, 0.29) is 14.2 Å². The number of likely N-dealkylation sites (N-methyl/N-ethyl adjacent to an activating group) is 1. The van der Waals surface area contributed by atoms with E-state index in [0.717, 1.165) is 29.5 Å².